The van der Waals surface area contributed by atoms with Crippen molar-refractivity contribution in [3.05, 3.63) is 29.6 Å². The van der Waals surface area contributed by atoms with Crippen molar-refractivity contribution in [3.63, 3.8) is 0 Å². The Morgan fingerprint density at radius 2 is 2.50 bits per heavy atom. The van der Waals surface area contributed by atoms with E-state index < -0.39 is 0 Å². The van der Waals surface area contributed by atoms with Gasteiger partial charge in [0.15, 0.2) is 0 Å². The van der Waals surface area contributed by atoms with Gasteiger partial charge in [-0.1, -0.05) is 17.7 Å². The van der Waals surface area contributed by atoms with Crippen LogP contribution in [-0.4, -0.2) is 15.4 Å². The summed E-state index contributed by atoms with van der Waals surface area (Å²) in [7, 11) is 0. The molecule has 1 heterocycles. The Hall–Kier alpha value is -0.960. The van der Waals surface area contributed by atoms with Gasteiger partial charge in [-0.05, 0) is 11.3 Å². The molecule has 0 aliphatic carbocycles. The molecule has 4 heteroatoms. The van der Waals surface area contributed by atoms with Crippen molar-refractivity contribution < 1.29 is 0 Å². The Morgan fingerprint density at radius 3 is 3.10 bits per heavy atom. The third-order valence-corrected chi connectivity index (χ3v) is 1.15. The van der Waals surface area contributed by atoms with Gasteiger partial charge in [-0.2, -0.15) is 0 Å². The number of nitrogens with zero attached hydrogens (tertiary/aromatic N) is 3. The second-order valence-electron chi connectivity index (χ2n) is 1.68. The van der Waals surface area contributed by atoms with Crippen LogP contribution in [0.25, 0.3) is 0 Å². The molecule has 52 valence electrons. The summed E-state index contributed by atoms with van der Waals surface area (Å²) in [5.74, 6) is 0. The second-order valence-corrected chi connectivity index (χ2v) is 1.93. The summed E-state index contributed by atoms with van der Waals surface area (Å²) in [5, 5.41) is 10.7. The Morgan fingerprint density at radius 1 is 1.60 bits per heavy atom. The zero-order valence-electron chi connectivity index (χ0n) is 5.24. The lowest BCUT2D eigenvalue weighted by atomic mass is 10.3. The normalized spacial score (nSPS) is 10.5. The van der Waals surface area contributed by atoms with Gasteiger partial charge in [0.1, 0.15) is 0 Å². The Bertz CT molecular complexity index is 209. The van der Waals surface area contributed by atoms with Crippen LogP contribution in [0.5, 0.6) is 0 Å². The van der Waals surface area contributed by atoms with E-state index in [0.717, 1.165) is 5.69 Å². The van der Waals surface area contributed by atoms with Gasteiger partial charge in [0, 0.05) is 12.0 Å². The minimum absolute atomic E-state index is 0.707. The molecule has 0 unspecified atom stereocenters. The summed E-state index contributed by atoms with van der Waals surface area (Å²) in [5.41, 5.74) is 2.33. The molecular formula is C6H6ClN3. The van der Waals surface area contributed by atoms with Crippen molar-refractivity contribution >= 4 is 11.6 Å². The van der Waals surface area contributed by atoms with E-state index in [1.54, 1.807) is 18.3 Å². The van der Waals surface area contributed by atoms with Crippen LogP contribution < -0.4 is 0 Å². The molecule has 1 aromatic rings. The molecule has 1 rings (SSSR count). The van der Waals surface area contributed by atoms with Gasteiger partial charge in [0.25, 0.3) is 0 Å². The first-order valence-corrected chi connectivity index (χ1v) is 3.25. The highest BCUT2D eigenvalue weighted by atomic mass is 35.5. The maximum atomic E-state index is 5.31. The summed E-state index contributed by atoms with van der Waals surface area (Å²) in [4.78, 5) is 0. The Labute approximate surface area is 63.7 Å². The fourth-order valence-electron chi connectivity index (χ4n) is 0.540. The number of halogens is 1. The molecule has 0 aliphatic heterocycles. The van der Waals surface area contributed by atoms with E-state index in [-0.39, 0.29) is 0 Å². The lowest BCUT2D eigenvalue weighted by Crippen LogP contribution is -1.91. The standard InChI is InChI=1S/C6H6ClN3/c7-4-1-2-6-3-5-8-10-9-6/h1,3-5H,2H2. The van der Waals surface area contributed by atoms with Crippen LogP contribution in [0, 0.1) is 0 Å². The molecule has 0 radical (unpaired) electrons. The highest BCUT2D eigenvalue weighted by molar-refractivity contribution is 6.25. The molecule has 0 N–H and O–H groups in total. The molecule has 1 aromatic heterocycles. The molecule has 0 amide bonds. The summed E-state index contributed by atoms with van der Waals surface area (Å²) in [6.07, 6.45) is 4.11. The van der Waals surface area contributed by atoms with Gasteiger partial charge in [-0.3, -0.25) is 0 Å². The Balaban J connectivity index is 2.59. The smallest absolute Gasteiger partial charge is 0.0702 e. The lowest BCUT2D eigenvalue weighted by molar-refractivity contribution is 0.825. The summed E-state index contributed by atoms with van der Waals surface area (Å²) < 4.78 is 0. The van der Waals surface area contributed by atoms with E-state index in [9.17, 15) is 0 Å². The van der Waals surface area contributed by atoms with Crippen molar-refractivity contribution in [1.29, 1.82) is 0 Å². The highest BCUT2D eigenvalue weighted by Crippen LogP contribution is 1.92. The maximum Gasteiger partial charge on any atom is 0.0702 e. The molecule has 0 bridgehead atoms. The fourth-order valence-corrected chi connectivity index (χ4v) is 0.629. The molecule has 0 saturated carbocycles. The molecule has 0 fully saturated rings. The van der Waals surface area contributed by atoms with Crippen molar-refractivity contribution in [2.75, 3.05) is 0 Å². The molecule has 0 spiro atoms. The predicted molar refractivity (Wildman–Crippen MR) is 38.5 cm³/mol. The second kappa shape index (κ2) is 3.95. The minimum Gasteiger partial charge on any atom is -0.139 e. The van der Waals surface area contributed by atoms with Crippen molar-refractivity contribution in [3.8, 4) is 0 Å². The van der Waals surface area contributed by atoms with E-state index in [4.69, 9.17) is 11.6 Å². The Kier molecular flexibility index (Phi) is 2.83. The molecule has 0 saturated heterocycles. The van der Waals surface area contributed by atoms with Crippen molar-refractivity contribution in [1.82, 2.24) is 15.4 Å². The molecule has 0 aliphatic rings. The van der Waals surface area contributed by atoms with E-state index >= 15 is 0 Å². The zero-order chi connectivity index (χ0) is 7.23. The molecule has 0 aromatic carbocycles. The van der Waals surface area contributed by atoms with Gasteiger partial charge in [0.2, 0.25) is 0 Å². The number of aromatic nitrogens is 3. The number of allylic oxidation sites excluding steroid dienone is 1. The van der Waals surface area contributed by atoms with Crippen molar-refractivity contribution in [2.45, 2.75) is 6.42 Å². The number of hydrogen-bond acceptors (Lipinski definition) is 3. The van der Waals surface area contributed by atoms with Crippen LogP contribution in [0.4, 0.5) is 0 Å². The third kappa shape index (κ3) is 2.11. The lowest BCUT2D eigenvalue weighted by Gasteiger charge is -1.88. The van der Waals surface area contributed by atoms with Crippen LogP contribution in [0.2, 0.25) is 0 Å². The first-order chi connectivity index (χ1) is 4.93. The first kappa shape index (κ1) is 7.15. The summed E-state index contributed by atoms with van der Waals surface area (Å²) in [6.45, 7) is 0. The van der Waals surface area contributed by atoms with Gasteiger partial charge < -0.3 is 0 Å². The molecule has 10 heavy (non-hydrogen) atoms. The highest BCUT2D eigenvalue weighted by Gasteiger charge is 1.87. The van der Waals surface area contributed by atoms with E-state index in [1.807, 2.05) is 0 Å². The SMILES string of the molecule is ClC=CCc1ccnnn1. The van der Waals surface area contributed by atoms with E-state index in [2.05, 4.69) is 15.4 Å². The van der Waals surface area contributed by atoms with Crippen LogP contribution in [-0.2, 0) is 6.42 Å². The third-order valence-electron chi connectivity index (χ3n) is 0.974. The van der Waals surface area contributed by atoms with Crippen LogP contribution in [0.3, 0.4) is 0 Å². The quantitative estimate of drug-likeness (QED) is 0.644. The maximum absolute atomic E-state index is 5.31. The average molecular weight is 156 g/mol. The molecular weight excluding hydrogens is 150 g/mol. The van der Waals surface area contributed by atoms with E-state index in [1.165, 1.54) is 5.54 Å². The average Bonchev–Trinajstić information content (AvgIpc) is 2.03. The van der Waals surface area contributed by atoms with Gasteiger partial charge in [-0.15, -0.1) is 10.2 Å². The fraction of sp³-hybridized carbons (Fsp3) is 0.167. The van der Waals surface area contributed by atoms with Crippen LogP contribution in [0.1, 0.15) is 5.69 Å². The number of hydrogen-bond donors (Lipinski definition) is 0. The monoisotopic (exact) mass is 155 g/mol. The largest absolute Gasteiger partial charge is 0.139 e. The van der Waals surface area contributed by atoms with Gasteiger partial charge in [0.05, 0.1) is 11.9 Å². The predicted octanol–water partition coefficient (Wildman–Crippen LogP) is 1.17. The topological polar surface area (TPSA) is 38.7 Å². The van der Waals surface area contributed by atoms with Crippen LogP contribution >= 0.6 is 11.6 Å². The molecule has 0 atom stereocenters. The summed E-state index contributed by atoms with van der Waals surface area (Å²) in [6, 6.07) is 1.80. The van der Waals surface area contributed by atoms with Crippen molar-refractivity contribution in [2.24, 2.45) is 0 Å². The van der Waals surface area contributed by atoms with Gasteiger partial charge in [-0.25, -0.2) is 0 Å². The number of rotatable bonds is 2. The first-order valence-electron chi connectivity index (χ1n) is 2.82. The summed E-state index contributed by atoms with van der Waals surface area (Å²) >= 11 is 5.31. The zero-order valence-corrected chi connectivity index (χ0v) is 5.99. The van der Waals surface area contributed by atoms with E-state index in [0.29, 0.717) is 6.42 Å². The molecule has 3 nitrogen and oxygen atoms in total. The van der Waals surface area contributed by atoms with Gasteiger partial charge >= 0.3 is 0 Å². The van der Waals surface area contributed by atoms with Crippen LogP contribution in [0.15, 0.2) is 23.9 Å². The minimum atomic E-state index is 0.707.